The van der Waals surface area contributed by atoms with Crippen molar-refractivity contribution in [3.8, 4) is 0 Å². The minimum Gasteiger partial charge on any atom is -0.299 e. The molecule has 0 aromatic heterocycles. The average Bonchev–Trinajstić information content (AvgIpc) is 2.16. The summed E-state index contributed by atoms with van der Waals surface area (Å²) in [5.41, 5.74) is 1.36. The van der Waals surface area contributed by atoms with Gasteiger partial charge in [-0.25, -0.2) is 0 Å². The molecule has 0 bridgehead atoms. The molecule has 0 aliphatic carbocycles. The van der Waals surface area contributed by atoms with Gasteiger partial charge in [0.1, 0.15) is 0 Å². The Hall–Kier alpha value is -0.820. The van der Waals surface area contributed by atoms with Gasteiger partial charge in [-0.05, 0) is 25.6 Å². The van der Waals surface area contributed by atoms with Crippen LogP contribution < -0.4 is 0 Å². The Bertz CT molecular complexity index is 202. The lowest BCUT2D eigenvalue weighted by atomic mass is 10.2. The van der Waals surface area contributed by atoms with Gasteiger partial charge in [0.15, 0.2) is 0 Å². The van der Waals surface area contributed by atoms with Gasteiger partial charge in [-0.3, -0.25) is 4.90 Å². The largest absolute Gasteiger partial charge is 0.299 e. The van der Waals surface area contributed by atoms with Gasteiger partial charge in [0.2, 0.25) is 0 Å². The first-order chi connectivity index (χ1) is 5.86. The van der Waals surface area contributed by atoms with Crippen molar-refractivity contribution in [2.24, 2.45) is 0 Å². The number of hydrogen-bond donors (Lipinski definition) is 0. The second-order valence-corrected chi connectivity index (χ2v) is 2.85. The van der Waals surface area contributed by atoms with Crippen LogP contribution in [0.15, 0.2) is 30.3 Å². The molecule has 0 unspecified atom stereocenters. The summed E-state index contributed by atoms with van der Waals surface area (Å²) >= 11 is 0. The summed E-state index contributed by atoms with van der Waals surface area (Å²) in [7, 11) is 0. The maximum Gasteiger partial charge on any atom is 0.0233 e. The fourth-order valence-electron chi connectivity index (χ4n) is 1.19. The van der Waals surface area contributed by atoms with Crippen LogP contribution in [0.1, 0.15) is 12.5 Å². The van der Waals surface area contributed by atoms with Crippen LogP contribution in [0.4, 0.5) is 0 Å². The third-order valence-corrected chi connectivity index (χ3v) is 2.01. The van der Waals surface area contributed by atoms with E-state index in [4.69, 9.17) is 0 Å². The summed E-state index contributed by atoms with van der Waals surface area (Å²) in [6.45, 7) is 9.00. The van der Waals surface area contributed by atoms with Crippen molar-refractivity contribution in [3.63, 3.8) is 0 Å². The second-order valence-electron chi connectivity index (χ2n) is 2.85. The van der Waals surface area contributed by atoms with Crippen molar-refractivity contribution in [1.29, 1.82) is 0 Å². The highest BCUT2D eigenvalue weighted by Gasteiger charge is 1.98. The van der Waals surface area contributed by atoms with Crippen molar-refractivity contribution in [1.82, 2.24) is 4.90 Å². The van der Waals surface area contributed by atoms with E-state index in [2.05, 4.69) is 43.0 Å². The number of hydrogen-bond acceptors (Lipinski definition) is 1. The van der Waals surface area contributed by atoms with Gasteiger partial charge in [-0.1, -0.05) is 37.3 Å². The molecule has 1 aromatic rings. The Balaban J connectivity index is 2.51. The van der Waals surface area contributed by atoms with Gasteiger partial charge in [0.05, 0.1) is 0 Å². The molecule has 0 N–H and O–H groups in total. The molecule has 1 nitrogen and oxygen atoms in total. The lowest BCUT2D eigenvalue weighted by molar-refractivity contribution is 0.310. The fourth-order valence-corrected chi connectivity index (χ4v) is 1.19. The van der Waals surface area contributed by atoms with Crippen molar-refractivity contribution < 1.29 is 0 Å². The van der Waals surface area contributed by atoms with E-state index in [0.29, 0.717) is 0 Å². The highest BCUT2D eigenvalue weighted by Crippen LogP contribution is 2.02. The van der Waals surface area contributed by atoms with E-state index in [1.54, 1.807) is 0 Å². The molecule has 1 radical (unpaired) electrons. The SMILES string of the molecule is [CH2]CN(CC)Cc1ccccc1. The molecule has 0 amide bonds. The Morgan fingerprint density at radius 2 is 1.92 bits per heavy atom. The van der Waals surface area contributed by atoms with Crippen LogP contribution in [0.25, 0.3) is 0 Å². The molecule has 12 heavy (non-hydrogen) atoms. The van der Waals surface area contributed by atoms with Gasteiger partial charge < -0.3 is 0 Å². The lowest BCUT2D eigenvalue weighted by Crippen LogP contribution is -2.22. The summed E-state index contributed by atoms with van der Waals surface area (Å²) in [6, 6.07) is 10.5. The van der Waals surface area contributed by atoms with Crippen LogP contribution in [-0.2, 0) is 6.54 Å². The summed E-state index contributed by atoms with van der Waals surface area (Å²) in [5, 5.41) is 0. The lowest BCUT2D eigenvalue weighted by Gasteiger charge is -2.17. The molecule has 1 aromatic carbocycles. The molecule has 0 aliphatic heterocycles. The van der Waals surface area contributed by atoms with E-state index in [1.807, 2.05) is 6.07 Å². The van der Waals surface area contributed by atoms with Crippen LogP contribution in [0, 0.1) is 6.92 Å². The Kier molecular flexibility index (Phi) is 3.81. The van der Waals surface area contributed by atoms with Gasteiger partial charge in [-0.2, -0.15) is 0 Å². The molecular formula is C11H16N. The van der Waals surface area contributed by atoms with E-state index in [9.17, 15) is 0 Å². The van der Waals surface area contributed by atoms with E-state index < -0.39 is 0 Å². The van der Waals surface area contributed by atoms with E-state index >= 15 is 0 Å². The normalized spacial score (nSPS) is 10.6. The number of benzene rings is 1. The molecule has 1 heteroatoms. The van der Waals surface area contributed by atoms with Crippen molar-refractivity contribution in [3.05, 3.63) is 42.8 Å². The predicted molar refractivity (Wildman–Crippen MR) is 52.8 cm³/mol. The molecular weight excluding hydrogens is 146 g/mol. The maximum atomic E-state index is 3.88. The molecule has 0 spiro atoms. The van der Waals surface area contributed by atoms with E-state index in [0.717, 1.165) is 19.6 Å². The highest BCUT2D eigenvalue weighted by molar-refractivity contribution is 5.14. The van der Waals surface area contributed by atoms with Gasteiger partial charge >= 0.3 is 0 Å². The zero-order valence-corrected chi connectivity index (χ0v) is 7.66. The van der Waals surface area contributed by atoms with Gasteiger partial charge in [-0.15, -0.1) is 0 Å². The quantitative estimate of drug-likeness (QED) is 0.657. The summed E-state index contributed by atoms with van der Waals surface area (Å²) in [4.78, 5) is 2.30. The Morgan fingerprint density at radius 1 is 1.25 bits per heavy atom. The molecule has 0 saturated heterocycles. The molecule has 0 aliphatic rings. The average molecular weight is 162 g/mol. The van der Waals surface area contributed by atoms with Crippen LogP contribution in [0.5, 0.6) is 0 Å². The Morgan fingerprint density at radius 3 is 2.42 bits per heavy atom. The minimum atomic E-state index is 0.880. The highest BCUT2D eigenvalue weighted by atomic mass is 15.1. The first kappa shape index (κ1) is 9.27. The summed E-state index contributed by atoms with van der Waals surface area (Å²) < 4.78 is 0. The number of nitrogens with zero attached hydrogens (tertiary/aromatic N) is 1. The zero-order valence-electron chi connectivity index (χ0n) is 7.66. The first-order valence-electron chi connectivity index (χ1n) is 4.42. The van der Waals surface area contributed by atoms with Crippen LogP contribution in [0.2, 0.25) is 0 Å². The molecule has 0 saturated carbocycles. The van der Waals surface area contributed by atoms with Crippen molar-refractivity contribution >= 4 is 0 Å². The Labute approximate surface area is 75.0 Å². The van der Waals surface area contributed by atoms with Crippen LogP contribution in [0.3, 0.4) is 0 Å². The smallest absolute Gasteiger partial charge is 0.0233 e. The molecule has 0 atom stereocenters. The summed E-state index contributed by atoms with van der Waals surface area (Å²) in [5.74, 6) is 0. The van der Waals surface area contributed by atoms with E-state index in [1.165, 1.54) is 5.56 Å². The summed E-state index contributed by atoms with van der Waals surface area (Å²) in [6.07, 6.45) is 0. The van der Waals surface area contributed by atoms with Crippen molar-refractivity contribution in [2.45, 2.75) is 13.5 Å². The van der Waals surface area contributed by atoms with Crippen LogP contribution >= 0.6 is 0 Å². The predicted octanol–water partition coefficient (Wildman–Crippen LogP) is 2.34. The maximum absolute atomic E-state index is 3.88. The van der Waals surface area contributed by atoms with E-state index in [-0.39, 0.29) is 0 Å². The second kappa shape index (κ2) is 4.94. The van der Waals surface area contributed by atoms with Gasteiger partial charge in [0, 0.05) is 6.54 Å². The topological polar surface area (TPSA) is 3.24 Å². The standard InChI is InChI=1S/C11H16N/c1-3-12(4-2)10-11-8-6-5-7-9-11/h5-9H,1,3-4,10H2,2H3. The fraction of sp³-hybridized carbons (Fsp3) is 0.364. The first-order valence-corrected chi connectivity index (χ1v) is 4.42. The van der Waals surface area contributed by atoms with Gasteiger partial charge in [0.25, 0.3) is 0 Å². The molecule has 0 fully saturated rings. The van der Waals surface area contributed by atoms with Crippen molar-refractivity contribution in [2.75, 3.05) is 13.1 Å². The third kappa shape index (κ3) is 2.67. The number of rotatable bonds is 4. The third-order valence-electron chi connectivity index (χ3n) is 2.01. The molecule has 1 rings (SSSR count). The molecule has 65 valence electrons. The minimum absolute atomic E-state index is 0.880. The molecule has 0 heterocycles. The zero-order chi connectivity index (χ0) is 8.81. The van der Waals surface area contributed by atoms with Crippen LogP contribution in [-0.4, -0.2) is 18.0 Å². The monoisotopic (exact) mass is 162 g/mol.